The van der Waals surface area contributed by atoms with Crippen molar-refractivity contribution in [1.82, 2.24) is 4.98 Å². The highest BCUT2D eigenvalue weighted by Crippen LogP contribution is 2.29. The van der Waals surface area contributed by atoms with Gasteiger partial charge in [0.05, 0.1) is 5.52 Å². The van der Waals surface area contributed by atoms with Crippen molar-refractivity contribution in [2.45, 2.75) is 40.0 Å². The van der Waals surface area contributed by atoms with E-state index in [0.29, 0.717) is 5.92 Å². The molecule has 0 radical (unpaired) electrons. The lowest BCUT2D eigenvalue weighted by Crippen LogP contribution is -2.03. The summed E-state index contributed by atoms with van der Waals surface area (Å²) in [6.07, 6.45) is 1.13. The van der Waals surface area contributed by atoms with Crippen molar-refractivity contribution in [2.24, 2.45) is 0 Å². The Morgan fingerprint density at radius 2 is 2.06 bits per heavy atom. The molecule has 0 aliphatic carbocycles. The number of benzene rings is 1. The number of hydrogen-bond donors (Lipinski definition) is 1. The molecule has 0 amide bonds. The number of hydrogen-bond acceptors (Lipinski definition) is 2. The molecule has 0 spiro atoms. The monoisotopic (exact) mass is 242 g/mol. The highest BCUT2D eigenvalue weighted by Gasteiger charge is 2.09. The van der Waals surface area contributed by atoms with Crippen molar-refractivity contribution < 1.29 is 0 Å². The molecule has 0 aliphatic rings. The lowest BCUT2D eigenvalue weighted by molar-refractivity contribution is 0.872. The average molecular weight is 242 g/mol. The zero-order valence-electron chi connectivity index (χ0n) is 11.7. The second-order valence-electron chi connectivity index (χ2n) is 5.14. The number of rotatable bonds is 4. The third-order valence-corrected chi connectivity index (χ3v) is 3.19. The summed E-state index contributed by atoms with van der Waals surface area (Å²) < 4.78 is 0. The molecular weight excluding hydrogens is 220 g/mol. The van der Waals surface area contributed by atoms with Crippen molar-refractivity contribution in [3.8, 4) is 0 Å². The summed E-state index contributed by atoms with van der Waals surface area (Å²) in [5.74, 6) is 0.502. The Labute approximate surface area is 109 Å². The molecule has 96 valence electrons. The minimum atomic E-state index is 0.502. The first-order valence-corrected chi connectivity index (χ1v) is 6.77. The first-order chi connectivity index (χ1) is 8.63. The Morgan fingerprint density at radius 1 is 1.28 bits per heavy atom. The van der Waals surface area contributed by atoms with E-state index in [9.17, 15) is 0 Å². The van der Waals surface area contributed by atoms with Crippen LogP contribution in [0.3, 0.4) is 0 Å². The van der Waals surface area contributed by atoms with Gasteiger partial charge in [-0.25, -0.2) is 0 Å². The summed E-state index contributed by atoms with van der Waals surface area (Å²) in [6.45, 7) is 9.69. The molecule has 1 N–H and O–H groups in total. The number of fused-ring (bicyclic) bond motifs is 1. The van der Waals surface area contributed by atoms with E-state index in [2.05, 4.69) is 57.3 Å². The van der Waals surface area contributed by atoms with Crippen molar-refractivity contribution in [3.63, 3.8) is 0 Å². The van der Waals surface area contributed by atoms with Crippen LogP contribution in [-0.4, -0.2) is 11.5 Å². The standard InChI is InChI=1S/C16H22N2/c1-5-9-17-15-10-12(4)18-16-13(11(2)3)7-6-8-14(15)16/h6-8,10-11H,5,9H2,1-4H3,(H,17,18). The molecule has 2 rings (SSSR count). The third kappa shape index (κ3) is 2.47. The van der Waals surface area contributed by atoms with E-state index in [1.165, 1.54) is 16.6 Å². The van der Waals surface area contributed by atoms with Crippen LogP contribution in [-0.2, 0) is 0 Å². The maximum atomic E-state index is 4.73. The van der Waals surface area contributed by atoms with Crippen LogP contribution in [0.1, 0.15) is 44.4 Å². The number of pyridine rings is 1. The Kier molecular flexibility index (Phi) is 3.85. The van der Waals surface area contributed by atoms with Crippen LogP contribution in [0, 0.1) is 6.92 Å². The zero-order chi connectivity index (χ0) is 13.1. The third-order valence-electron chi connectivity index (χ3n) is 3.19. The van der Waals surface area contributed by atoms with Crippen LogP contribution < -0.4 is 5.32 Å². The molecule has 0 saturated carbocycles. The molecule has 2 nitrogen and oxygen atoms in total. The topological polar surface area (TPSA) is 24.9 Å². The van der Waals surface area contributed by atoms with Crippen molar-refractivity contribution in [1.29, 1.82) is 0 Å². The van der Waals surface area contributed by atoms with Gasteiger partial charge < -0.3 is 5.32 Å². The molecular formula is C16H22N2. The maximum absolute atomic E-state index is 4.73. The molecule has 0 aliphatic heterocycles. The Morgan fingerprint density at radius 3 is 2.72 bits per heavy atom. The summed E-state index contributed by atoms with van der Waals surface area (Å²) >= 11 is 0. The minimum Gasteiger partial charge on any atom is -0.384 e. The van der Waals surface area contributed by atoms with Crippen LogP contribution in [0.25, 0.3) is 10.9 Å². The predicted octanol–water partition coefficient (Wildman–Crippen LogP) is 4.49. The number of aryl methyl sites for hydroxylation is 1. The summed E-state index contributed by atoms with van der Waals surface area (Å²) in [6, 6.07) is 8.61. The normalized spacial score (nSPS) is 11.2. The van der Waals surface area contributed by atoms with Gasteiger partial charge in [-0.2, -0.15) is 0 Å². The maximum Gasteiger partial charge on any atom is 0.0760 e. The van der Waals surface area contributed by atoms with Crippen molar-refractivity contribution in [2.75, 3.05) is 11.9 Å². The zero-order valence-corrected chi connectivity index (χ0v) is 11.7. The van der Waals surface area contributed by atoms with E-state index in [1.807, 2.05) is 0 Å². The summed E-state index contributed by atoms with van der Waals surface area (Å²) in [7, 11) is 0. The summed E-state index contributed by atoms with van der Waals surface area (Å²) in [4.78, 5) is 4.73. The molecule has 0 bridgehead atoms. The van der Waals surface area contributed by atoms with Gasteiger partial charge in [0.15, 0.2) is 0 Å². The number of aromatic nitrogens is 1. The second-order valence-corrected chi connectivity index (χ2v) is 5.14. The van der Waals surface area contributed by atoms with Gasteiger partial charge in [0.2, 0.25) is 0 Å². The number of para-hydroxylation sites is 1. The van der Waals surface area contributed by atoms with Gasteiger partial charge in [-0.15, -0.1) is 0 Å². The quantitative estimate of drug-likeness (QED) is 0.854. The second kappa shape index (κ2) is 5.38. The van der Waals surface area contributed by atoms with Gasteiger partial charge in [0.25, 0.3) is 0 Å². The largest absolute Gasteiger partial charge is 0.384 e. The summed E-state index contributed by atoms with van der Waals surface area (Å²) in [5, 5.41) is 4.74. The fourth-order valence-corrected chi connectivity index (χ4v) is 2.27. The van der Waals surface area contributed by atoms with Gasteiger partial charge in [0.1, 0.15) is 0 Å². The molecule has 1 heterocycles. The Hall–Kier alpha value is -1.57. The van der Waals surface area contributed by atoms with E-state index in [-0.39, 0.29) is 0 Å². The highest BCUT2D eigenvalue weighted by atomic mass is 14.9. The molecule has 18 heavy (non-hydrogen) atoms. The molecule has 1 aromatic heterocycles. The van der Waals surface area contributed by atoms with Crippen LogP contribution >= 0.6 is 0 Å². The van der Waals surface area contributed by atoms with E-state index >= 15 is 0 Å². The molecule has 2 heteroatoms. The molecule has 0 saturated heterocycles. The van der Waals surface area contributed by atoms with Crippen molar-refractivity contribution in [3.05, 3.63) is 35.5 Å². The number of nitrogens with zero attached hydrogens (tertiary/aromatic N) is 1. The van der Waals surface area contributed by atoms with E-state index in [4.69, 9.17) is 4.98 Å². The Balaban J connectivity index is 2.62. The number of anilines is 1. The van der Waals surface area contributed by atoms with Gasteiger partial charge in [-0.05, 0) is 30.9 Å². The van der Waals surface area contributed by atoms with E-state index in [0.717, 1.165) is 24.2 Å². The predicted molar refractivity (Wildman–Crippen MR) is 79.3 cm³/mol. The van der Waals surface area contributed by atoms with Gasteiger partial charge in [0, 0.05) is 23.3 Å². The smallest absolute Gasteiger partial charge is 0.0760 e. The van der Waals surface area contributed by atoms with Crippen LogP contribution in [0.5, 0.6) is 0 Å². The van der Waals surface area contributed by atoms with Crippen molar-refractivity contribution >= 4 is 16.6 Å². The van der Waals surface area contributed by atoms with Crippen LogP contribution in [0.2, 0.25) is 0 Å². The molecule has 2 aromatic rings. The number of nitrogens with one attached hydrogen (secondary N) is 1. The first-order valence-electron chi connectivity index (χ1n) is 6.77. The van der Waals surface area contributed by atoms with Crippen LogP contribution in [0.4, 0.5) is 5.69 Å². The molecule has 0 fully saturated rings. The van der Waals surface area contributed by atoms with Gasteiger partial charge in [-0.3, -0.25) is 4.98 Å². The van der Waals surface area contributed by atoms with E-state index in [1.54, 1.807) is 0 Å². The highest BCUT2D eigenvalue weighted by molar-refractivity contribution is 5.93. The minimum absolute atomic E-state index is 0.502. The summed E-state index contributed by atoms with van der Waals surface area (Å²) in [5.41, 5.74) is 4.76. The molecule has 1 aromatic carbocycles. The lowest BCUT2D eigenvalue weighted by Gasteiger charge is -2.14. The molecule has 0 atom stereocenters. The first kappa shape index (κ1) is 12.9. The van der Waals surface area contributed by atoms with Gasteiger partial charge in [-0.1, -0.05) is 39.0 Å². The lowest BCUT2D eigenvalue weighted by atomic mass is 9.99. The van der Waals surface area contributed by atoms with Gasteiger partial charge >= 0.3 is 0 Å². The van der Waals surface area contributed by atoms with E-state index < -0.39 is 0 Å². The fourth-order valence-electron chi connectivity index (χ4n) is 2.27. The fraction of sp³-hybridized carbons (Fsp3) is 0.438. The Bertz CT molecular complexity index is 544. The van der Waals surface area contributed by atoms with Crippen LogP contribution in [0.15, 0.2) is 24.3 Å². The molecule has 0 unspecified atom stereocenters. The average Bonchev–Trinajstić information content (AvgIpc) is 2.34. The SMILES string of the molecule is CCCNc1cc(C)nc2c(C(C)C)cccc12.